The molecule has 1 N–H and O–H groups in total. The fourth-order valence-corrected chi connectivity index (χ4v) is 9.17. The summed E-state index contributed by atoms with van der Waals surface area (Å²) in [6.45, 7) is 19.9. The highest BCUT2D eigenvalue weighted by molar-refractivity contribution is 6.12. The topological polar surface area (TPSA) is 64.1 Å². The van der Waals surface area contributed by atoms with E-state index in [0.717, 1.165) is 94.4 Å². The van der Waals surface area contributed by atoms with Gasteiger partial charge in [0.05, 0.1) is 28.0 Å². The lowest BCUT2D eigenvalue weighted by molar-refractivity contribution is 0.446. The monoisotopic (exact) mass is 849 g/mol. The highest BCUT2D eigenvalue weighted by Gasteiger charge is 2.30. The van der Waals surface area contributed by atoms with Gasteiger partial charge in [0.2, 0.25) is 0 Å². The van der Waals surface area contributed by atoms with Gasteiger partial charge in [0.25, 0.3) is 0 Å². The predicted octanol–water partition coefficient (Wildman–Crippen LogP) is 16.3. The predicted molar refractivity (Wildman–Crippen MR) is 271 cm³/mol. The molecule has 5 nitrogen and oxygen atoms in total. The standard InChI is InChI=1S/C60H55N3O2/c1-58(2,3)41-27-28-51(45(34-41)38-21-14-11-15-22-38)63-52-25-18-24-43(54(52)62-57(63)48-35-42(59(4,5)6)36-49(55(48)64)60(7,8)9)40-31-46-44-23-16-17-26-53(44)65-56(46)47(32-40)50-33-39(29-30-61-50)37-19-12-10-13-20-37/h10-36,64H,1-9H3. The van der Waals surface area contributed by atoms with Crippen LogP contribution in [0.15, 0.2) is 168 Å². The lowest BCUT2D eigenvalue weighted by Crippen LogP contribution is -2.17. The third-order valence-corrected chi connectivity index (χ3v) is 12.8. The van der Waals surface area contributed by atoms with E-state index in [4.69, 9.17) is 14.4 Å². The van der Waals surface area contributed by atoms with Crippen LogP contribution in [0.25, 0.3) is 94.7 Å². The van der Waals surface area contributed by atoms with Crippen LogP contribution in [0.3, 0.4) is 0 Å². The summed E-state index contributed by atoms with van der Waals surface area (Å²) in [5.41, 5.74) is 15.7. The number of nitrogens with zero attached hydrogens (tertiary/aromatic N) is 3. The molecule has 0 atom stereocenters. The van der Waals surface area contributed by atoms with E-state index in [1.807, 2.05) is 24.4 Å². The fourth-order valence-electron chi connectivity index (χ4n) is 9.17. The molecule has 0 aliphatic heterocycles. The van der Waals surface area contributed by atoms with Gasteiger partial charge in [-0.15, -0.1) is 0 Å². The molecule has 5 heteroatoms. The minimum atomic E-state index is -0.337. The summed E-state index contributed by atoms with van der Waals surface area (Å²) in [6, 6.07) is 55.5. The van der Waals surface area contributed by atoms with Crippen LogP contribution in [0.4, 0.5) is 0 Å². The molecule has 0 aliphatic rings. The molecule has 7 aromatic carbocycles. The molecule has 0 fully saturated rings. The number of aromatic hydroxyl groups is 1. The molecule has 0 bridgehead atoms. The van der Waals surface area contributed by atoms with Crippen LogP contribution in [0, 0.1) is 0 Å². The van der Waals surface area contributed by atoms with Crippen molar-refractivity contribution in [1.29, 1.82) is 0 Å². The van der Waals surface area contributed by atoms with Gasteiger partial charge in [0.15, 0.2) is 0 Å². The maximum atomic E-state index is 12.6. The van der Waals surface area contributed by atoms with E-state index in [-0.39, 0.29) is 22.0 Å². The molecule has 10 rings (SSSR count). The Bertz CT molecular complexity index is 3430. The lowest BCUT2D eigenvalue weighted by Gasteiger charge is -2.28. The average Bonchev–Trinajstić information content (AvgIpc) is 3.87. The third-order valence-electron chi connectivity index (χ3n) is 12.8. The van der Waals surface area contributed by atoms with Crippen LogP contribution in [0.1, 0.15) is 79.0 Å². The van der Waals surface area contributed by atoms with E-state index in [1.165, 1.54) is 5.56 Å². The van der Waals surface area contributed by atoms with Gasteiger partial charge >= 0.3 is 0 Å². The Hall–Kier alpha value is -7.24. The van der Waals surface area contributed by atoms with Crippen LogP contribution in [0.2, 0.25) is 0 Å². The first-order valence-corrected chi connectivity index (χ1v) is 22.6. The van der Waals surface area contributed by atoms with E-state index >= 15 is 0 Å². The second kappa shape index (κ2) is 15.5. The molecule has 3 aromatic heterocycles. The van der Waals surface area contributed by atoms with Crippen molar-refractivity contribution in [1.82, 2.24) is 14.5 Å². The first-order valence-electron chi connectivity index (χ1n) is 22.6. The van der Waals surface area contributed by atoms with Crippen molar-refractivity contribution in [3.05, 3.63) is 181 Å². The summed E-state index contributed by atoms with van der Waals surface area (Å²) in [6.07, 6.45) is 1.88. The normalized spacial score (nSPS) is 12.4. The van der Waals surface area contributed by atoms with Gasteiger partial charge in [-0.1, -0.05) is 165 Å². The van der Waals surface area contributed by atoms with Gasteiger partial charge in [0, 0.05) is 39.2 Å². The molecular weight excluding hydrogens is 795 g/mol. The summed E-state index contributed by atoms with van der Waals surface area (Å²) in [5.74, 6) is 0.920. The van der Waals surface area contributed by atoms with Crippen LogP contribution < -0.4 is 0 Å². The van der Waals surface area contributed by atoms with E-state index in [2.05, 4.69) is 206 Å². The number of phenols is 1. The highest BCUT2D eigenvalue weighted by Crippen LogP contribution is 2.47. The third kappa shape index (κ3) is 7.49. The highest BCUT2D eigenvalue weighted by atomic mass is 16.3. The van der Waals surface area contributed by atoms with E-state index in [1.54, 1.807) is 0 Å². The van der Waals surface area contributed by atoms with Crippen molar-refractivity contribution in [2.45, 2.75) is 78.6 Å². The number of hydrogen-bond donors (Lipinski definition) is 1. The number of aromatic nitrogens is 3. The minimum Gasteiger partial charge on any atom is -0.507 e. The zero-order valence-corrected chi connectivity index (χ0v) is 38.8. The van der Waals surface area contributed by atoms with E-state index < -0.39 is 0 Å². The van der Waals surface area contributed by atoms with Crippen LogP contribution in [-0.4, -0.2) is 19.6 Å². The van der Waals surface area contributed by atoms with Gasteiger partial charge < -0.3 is 9.52 Å². The molecular formula is C60H55N3O2. The van der Waals surface area contributed by atoms with E-state index in [9.17, 15) is 5.11 Å². The first kappa shape index (κ1) is 41.8. The molecule has 0 aliphatic carbocycles. The average molecular weight is 850 g/mol. The maximum Gasteiger partial charge on any atom is 0.149 e. The van der Waals surface area contributed by atoms with Gasteiger partial charge in [0.1, 0.15) is 22.7 Å². The Morgan fingerprint density at radius 2 is 1.17 bits per heavy atom. The van der Waals surface area contributed by atoms with Crippen LogP contribution in [-0.2, 0) is 16.2 Å². The Morgan fingerprint density at radius 3 is 1.88 bits per heavy atom. The molecule has 0 spiro atoms. The van der Waals surface area contributed by atoms with Crippen LogP contribution in [0.5, 0.6) is 5.75 Å². The van der Waals surface area contributed by atoms with Gasteiger partial charge in [-0.3, -0.25) is 9.55 Å². The molecule has 0 radical (unpaired) electrons. The molecule has 65 heavy (non-hydrogen) atoms. The number of para-hydroxylation sites is 2. The van der Waals surface area contributed by atoms with Crippen molar-refractivity contribution in [3.8, 4) is 67.5 Å². The summed E-state index contributed by atoms with van der Waals surface area (Å²) in [4.78, 5) is 10.7. The number of imidazole rings is 1. The Kier molecular flexibility index (Phi) is 9.95. The second-order valence-corrected chi connectivity index (χ2v) is 20.5. The Balaban J connectivity index is 1.31. The number of fused-ring (bicyclic) bond motifs is 4. The number of phenolic OH excluding ortho intramolecular Hbond substituents is 1. The first-order chi connectivity index (χ1) is 31.0. The number of rotatable bonds is 6. The summed E-state index contributed by atoms with van der Waals surface area (Å²) in [7, 11) is 0. The zero-order chi connectivity index (χ0) is 45.4. The van der Waals surface area contributed by atoms with Crippen molar-refractivity contribution in [2.24, 2.45) is 0 Å². The Morgan fingerprint density at radius 1 is 0.492 bits per heavy atom. The number of pyridine rings is 1. The fraction of sp³-hybridized carbons (Fsp3) is 0.200. The molecule has 0 amide bonds. The quantitative estimate of drug-likeness (QED) is 0.181. The van der Waals surface area contributed by atoms with E-state index in [0.29, 0.717) is 11.4 Å². The van der Waals surface area contributed by atoms with Crippen molar-refractivity contribution >= 4 is 33.0 Å². The van der Waals surface area contributed by atoms with Gasteiger partial charge in [-0.2, -0.15) is 0 Å². The minimum absolute atomic E-state index is 0.0843. The van der Waals surface area contributed by atoms with Crippen molar-refractivity contribution < 1.29 is 9.52 Å². The summed E-state index contributed by atoms with van der Waals surface area (Å²) < 4.78 is 8.97. The van der Waals surface area contributed by atoms with Crippen LogP contribution >= 0.6 is 0 Å². The van der Waals surface area contributed by atoms with Gasteiger partial charge in [-0.25, -0.2) is 4.98 Å². The number of furan rings is 1. The molecule has 0 saturated carbocycles. The number of hydrogen-bond acceptors (Lipinski definition) is 4. The number of benzene rings is 7. The Labute approximate surface area is 382 Å². The van der Waals surface area contributed by atoms with Gasteiger partial charge in [-0.05, 0) is 104 Å². The maximum absolute atomic E-state index is 12.6. The lowest BCUT2D eigenvalue weighted by atomic mass is 9.79. The molecule has 3 heterocycles. The molecule has 10 aromatic rings. The summed E-state index contributed by atoms with van der Waals surface area (Å²) in [5, 5.41) is 14.6. The summed E-state index contributed by atoms with van der Waals surface area (Å²) >= 11 is 0. The van der Waals surface area contributed by atoms with Crippen molar-refractivity contribution in [2.75, 3.05) is 0 Å². The SMILES string of the molecule is CC(C)(C)c1ccc(-n2c(-c3cc(C(C)(C)C)cc(C(C)(C)C)c3O)nc3c(-c4cc(-c5cc(-c6ccccc6)ccn5)c5oc6ccccc6c5c4)cccc32)c(-c2ccccc2)c1. The smallest absolute Gasteiger partial charge is 0.149 e. The largest absolute Gasteiger partial charge is 0.507 e. The zero-order valence-electron chi connectivity index (χ0n) is 38.8. The van der Waals surface area contributed by atoms with Crippen molar-refractivity contribution in [3.63, 3.8) is 0 Å². The molecule has 322 valence electrons. The second-order valence-electron chi connectivity index (χ2n) is 20.5. The molecule has 0 saturated heterocycles. The molecule has 0 unspecified atom stereocenters.